The number of carbonyl (C=O) groups excluding carboxylic acids is 1. The Bertz CT molecular complexity index is 666. The fourth-order valence-corrected chi connectivity index (χ4v) is 2.21. The van der Waals surface area contributed by atoms with E-state index in [1.807, 2.05) is 56.3 Å². The van der Waals surface area contributed by atoms with Gasteiger partial charge in [0.05, 0.1) is 0 Å². The molecule has 0 aliphatic heterocycles. The topological polar surface area (TPSA) is 38.8 Å². The number of benzene rings is 2. The van der Waals surface area contributed by atoms with Gasteiger partial charge in [-0.05, 0) is 36.6 Å². The van der Waals surface area contributed by atoms with Crippen molar-refractivity contribution in [3.63, 3.8) is 0 Å². The Kier molecular flexibility index (Phi) is 5.63. The second kappa shape index (κ2) is 7.68. The minimum atomic E-state index is -0.0850. The Morgan fingerprint density at radius 2 is 1.74 bits per heavy atom. The van der Waals surface area contributed by atoms with Gasteiger partial charge in [-0.1, -0.05) is 36.4 Å². The van der Waals surface area contributed by atoms with Crippen LogP contribution in [0.1, 0.15) is 16.7 Å². The maximum atomic E-state index is 11.7. The van der Waals surface area contributed by atoms with Crippen molar-refractivity contribution in [2.45, 2.75) is 20.5 Å². The number of rotatable bonds is 6. The molecule has 0 spiro atoms. The van der Waals surface area contributed by atoms with Crippen LogP contribution in [0.15, 0.2) is 42.5 Å². The van der Waals surface area contributed by atoms with Gasteiger partial charge in [-0.2, -0.15) is 0 Å². The first kappa shape index (κ1) is 16.9. The van der Waals surface area contributed by atoms with Gasteiger partial charge in [0.25, 0.3) is 5.91 Å². The van der Waals surface area contributed by atoms with Crippen molar-refractivity contribution < 1.29 is 14.3 Å². The van der Waals surface area contributed by atoms with E-state index < -0.39 is 0 Å². The predicted molar refractivity (Wildman–Crippen MR) is 90.9 cm³/mol. The fourth-order valence-electron chi connectivity index (χ4n) is 2.21. The van der Waals surface area contributed by atoms with Gasteiger partial charge in [-0.25, -0.2) is 0 Å². The highest BCUT2D eigenvalue weighted by molar-refractivity contribution is 5.77. The molecule has 2 rings (SSSR count). The van der Waals surface area contributed by atoms with E-state index in [0.29, 0.717) is 18.1 Å². The average molecular weight is 313 g/mol. The third-order valence-corrected chi connectivity index (χ3v) is 3.46. The smallest absolute Gasteiger partial charge is 0.259 e. The Morgan fingerprint density at radius 1 is 1.04 bits per heavy atom. The maximum Gasteiger partial charge on any atom is 0.259 e. The van der Waals surface area contributed by atoms with E-state index in [2.05, 4.69) is 0 Å². The van der Waals surface area contributed by atoms with Gasteiger partial charge < -0.3 is 14.4 Å². The summed E-state index contributed by atoms with van der Waals surface area (Å²) in [6, 6.07) is 13.9. The second-order valence-corrected chi connectivity index (χ2v) is 5.76. The zero-order valence-corrected chi connectivity index (χ0v) is 14.1. The monoisotopic (exact) mass is 313 g/mol. The normalized spacial score (nSPS) is 10.3. The second-order valence-electron chi connectivity index (χ2n) is 5.76. The summed E-state index contributed by atoms with van der Waals surface area (Å²) in [5.41, 5.74) is 3.15. The molecule has 0 aliphatic rings. The number of aryl methyl sites for hydroxylation is 2. The van der Waals surface area contributed by atoms with E-state index in [4.69, 9.17) is 9.47 Å². The Hall–Kier alpha value is -2.49. The molecule has 1 amide bonds. The lowest BCUT2D eigenvalue weighted by atomic mass is 10.1. The van der Waals surface area contributed by atoms with Gasteiger partial charge in [0.2, 0.25) is 0 Å². The number of ether oxygens (including phenoxy) is 2. The molecule has 4 nitrogen and oxygen atoms in total. The molecule has 2 aromatic carbocycles. The summed E-state index contributed by atoms with van der Waals surface area (Å²) in [6.07, 6.45) is 0. The van der Waals surface area contributed by atoms with Gasteiger partial charge in [0.1, 0.15) is 6.61 Å². The quantitative estimate of drug-likeness (QED) is 0.821. The molecule has 0 fully saturated rings. The van der Waals surface area contributed by atoms with E-state index in [1.54, 1.807) is 14.1 Å². The molecule has 23 heavy (non-hydrogen) atoms. The molecule has 2 aromatic rings. The zero-order chi connectivity index (χ0) is 16.8. The van der Waals surface area contributed by atoms with Gasteiger partial charge in [0, 0.05) is 14.1 Å². The van der Waals surface area contributed by atoms with E-state index in [-0.39, 0.29) is 12.5 Å². The standard InChI is InChI=1S/C19H23NO3/c1-14-10-15(2)19(23-12-16-8-6-5-7-9-16)17(11-14)22-13-18(21)20(3)4/h5-11H,12-13H2,1-4H3. The largest absolute Gasteiger partial charge is 0.485 e. The van der Waals surface area contributed by atoms with Crippen molar-refractivity contribution in [2.75, 3.05) is 20.7 Å². The highest BCUT2D eigenvalue weighted by Crippen LogP contribution is 2.33. The summed E-state index contributed by atoms with van der Waals surface area (Å²) >= 11 is 0. The molecule has 0 radical (unpaired) electrons. The van der Waals surface area contributed by atoms with Crippen molar-refractivity contribution in [1.82, 2.24) is 4.90 Å². The molecule has 0 saturated carbocycles. The van der Waals surface area contributed by atoms with Crippen LogP contribution in [0.25, 0.3) is 0 Å². The van der Waals surface area contributed by atoms with Crippen LogP contribution in [0.2, 0.25) is 0 Å². The number of likely N-dealkylation sites (N-methyl/N-ethyl adjacent to an activating group) is 1. The number of amides is 1. The first-order valence-corrected chi connectivity index (χ1v) is 7.58. The number of carbonyl (C=O) groups is 1. The molecule has 0 unspecified atom stereocenters. The van der Waals surface area contributed by atoms with Crippen LogP contribution in [0.3, 0.4) is 0 Å². The maximum absolute atomic E-state index is 11.7. The van der Waals surface area contributed by atoms with E-state index in [0.717, 1.165) is 16.7 Å². The molecule has 0 saturated heterocycles. The lowest BCUT2D eigenvalue weighted by Crippen LogP contribution is -2.27. The molecular weight excluding hydrogens is 290 g/mol. The summed E-state index contributed by atoms with van der Waals surface area (Å²) in [5, 5.41) is 0. The Morgan fingerprint density at radius 3 is 2.39 bits per heavy atom. The molecule has 122 valence electrons. The molecule has 4 heteroatoms. The first-order valence-electron chi connectivity index (χ1n) is 7.58. The van der Waals surface area contributed by atoms with E-state index in [1.165, 1.54) is 4.90 Å². The number of nitrogens with zero attached hydrogens (tertiary/aromatic N) is 1. The summed E-state index contributed by atoms with van der Waals surface area (Å²) in [5.74, 6) is 1.21. The van der Waals surface area contributed by atoms with Crippen LogP contribution in [-0.2, 0) is 11.4 Å². The van der Waals surface area contributed by atoms with E-state index in [9.17, 15) is 4.79 Å². The fraction of sp³-hybridized carbons (Fsp3) is 0.316. The summed E-state index contributed by atoms with van der Waals surface area (Å²) < 4.78 is 11.6. The third kappa shape index (κ3) is 4.74. The van der Waals surface area contributed by atoms with E-state index >= 15 is 0 Å². The molecule has 0 heterocycles. The van der Waals surface area contributed by atoms with Gasteiger partial charge in [0.15, 0.2) is 18.1 Å². The van der Waals surface area contributed by atoms with Crippen molar-refractivity contribution >= 4 is 5.91 Å². The number of hydrogen-bond acceptors (Lipinski definition) is 3. The lowest BCUT2D eigenvalue weighted by molar-refractivity contribution is -0.130. The van der Waals surface area contributed by atoms with Crippen molar-refractivity contribution in [1.29, 1.82) is 0 Å². The van der Waals surface area contributed by atoms with Crippen LogP contribution in [0.5, 0.6) is 11.5 Å². The van der Waals surface area contributed by atoms with Gasteiger partial charge >= 0.3 is 0 Å². The zero-order valence-electron chi connectivity index (χ0n) is 14.1. The van der Waals surface area contributed by atoms with Gasteiger partial charge in [-0.15, -0.1) is 0 Å². The SMILES string of the molecule is Cc1cc(C)c(OCc2ccccc2)c(OCC(=O)N(C)C)c1. The average Bonchev–Trinajstić information content (AvgIpc) is 2.52. The highest BCUT2D eigenvalue weighted by Gasteiger charge is 2.13. The lowest BCUT2D eigenvalue weighted by Gasteiger charge is -2.17. The van der Waals surface area contributed by atoms with Crippen LogP contribution in [-0.4, -0.2) is 31.5 Å². The summed E-state index contributed by atoms with van der Waals surface area (Å²) in [4.78, 5) is 13.2. The minimum Gasteiger partial charge on any atom is -0.485 e. The van der Waals surface area contributed by atoms with Crippen LogP contribution in [0, 0.1) is 13.8 Å². The van der Waals surface area contributed by atoms with Gasteiger partial charge in [-0.3, -0.25) is 4.79 Å². The highest BCUT2D eigenvalue weighted by atomic mass is 16.5. The number of hydrogen-bond donors (Lipinski definition) is 0. The molecule has 0 aliphatic carbocycles. The van der Waals surface area contributed by atoms with Crippen molar-refractivity contribution in [3.8, 4) is 11.5 Å². The molecule has 0 bridgehead atoms. The Labute approximate surface area is 137 Å². The molecule has 0 aromatic heterocycles. The summed E-state index contributed by atoms with van der Waals surface area (Å²) in [7, 11) is 3.42. The molecule has 0 atom stereocenters. The molecular formula is C19H23NO3. The summed E-state index contributed by atoms with van der Waals surface area (Å²) in [6.45, 7) is 4.43. The van der Waals surface area contributed by atoms with Crippen molar-refractivity contribution in [2.24, 2.45) is 0 Å². The van der Waals surface area contributed by atoms with Crippen molar-refractivity contribution in [3.05, 3.63) is 59.2 Å². The third-order valence-electron chi connectivity index (χ3n) is 3.46. The first-order chi connectivity index (χ1) is 11.0. The Balaban J connectivity index is 2.15. The van der Waals surface area contributed by atoms with Crippen LogP contribution < -0.4 is 9.47 Å². The van der Waals surface area contributed by atoms with Crippen LogP contribution >= 0.6 is 0 Å². The predicted octanol–water partition coefficient (Wildman–Crippen LogP) is 3.35. The van der Waals surface area contributed by atoms with Crippen LogP contribution in [0.4, 0.5) is 0 Å². The molecule has 0 N–H and O–H groups in total. The minimum absolute atomic E-state index is 0.00239.